The van der Waals surface area contributed by atoms with Gasteiger partial charge in [0.15, 0.2) is 0 Å². The van der Waals surface area contributed by atoms with Crippen molar-refractivity contribution in [2.75, 3.05) is 7.05 Å². The van der Waals surface area contributed by atoms with E-state index >= 15 is 0 Å². The van der Waals surface area contributed by atoms with Crippen molar-refractivity contribution in [3.05, 3.63) is 53.4 Å². The number of rotatable bonds is 5. The Morgan fingerprint density at radius 1 is 1.30 bits per heavy atom. The van der Waals surface area contributed by atoms with Crippen LogP contribution in [0.15, 0.2) is 36.1 Å². The fraction of sp³-hybridized carbons (Fsp3) is 0.500. The second kappa shape index (κ2) is 15.0. The molecule has 7 heteroatoms. The van der Waals surface area contributed by atoms with Gasteiger partial charge in [0, 0.05) is 30.7 Å². The molecule has 0 aromatic carbocycles. The number of aliphatic imine (C=N–C) groups is 1. The molecule has 2 aromatic heterocycles. The Hall–Kier alpha value is -2.08. The van der Waals surface area contributed by atoms with Gasteiger partial charge in [-0.15, -0.1) is 0 Å². The minimum Gasteiger partial charge on any atom is -0.331 e. The van der Waals surface area contributed by atoms with Crippen LogP contribution in [0, 0.1) is 6.92 Å². The highest BCUT2D eigenvalue weighted by molar-refractivity contribution is 6.30. The molecule has 5 nitrogen and oxygen atoms in total. The molecule has 2 heterocycles. The third kappa shape index (κ3) is 11.3. The smallest absolute Gasteiger partial charge is 0.136 e. The quantitative estimate of drug-likeness (QED) is 0.488. The van der Waals surface area contributed by atoms with Crippen molar-refractivity contribution >= 4 is 17.3 Å². The molecule has 0 N–H and O–H groups in total. The van der Waals surface area contributed by atoms with Crippen LogP contribution >= 0.6 is 11.6 Å². The molecule has 0 amide bonds. The van der Waals surface area contributed by atoms with E-state index in [1.54, 1.807) is 19.6 Å². The van der Waals surface area contributed by atoms with Crippen LogP contribution in [-0.4, -0.2) is 32.3 Å². The van der Waals surface area contributed by atoms with Crippen molar-refractivity contribution in [3.63, 3.8) is 0 Å². The van der Waals surface area contributed by atoms with Crippen LogP contribution in [-0.2, 0) is 13.0 Å². The van der Waals surface area contributed by atoms with Gasteiger partial charge in [-0.25, -0.2) is 19.3 Å². The van der Waals surface area contributed by atoms with Gasteiger partial charge in [-0.1, -0.05) is 37.9 Å². The number of hydrogen-bond donors (Lipinski definition) is 0. The van der Waals surface area contributed by atoms with E-state index < -0.39 is 0 Å². The van der Waals surface area contributed by atoms with E-state index in [9.17, 15) is 4.39 Å². The molecule has 0 saturated heterocycles. The predicted octanol–water partition coefficient (Wildman–Crippen LogP) is 5.61. The second-order valence-corrected chi connectivity index (χ2v) is 6.27. The maximum Gasteiger partial charge on any atom is 0.136 e. The van der Waals surface area contributed by atoms with Gasteiger partial charge >= 0.3 is 0 Å². The molecule has 2 aromatic rings. The van der Waals surface area contributed by atoms with E-state index in [0.29, 0.717) is 23.9 Å². The summed E-state index contributed by atoms with van der Waals surface area (Å²) in [6.07, 6.45) is 10.2. The number of aromatic nitrogens is 4. The van der Waals surface area contributed by atoms with Crippen molar-refractivity contribution in [2.24, 2.45) is 4.99 Å². The molecule has 2 rings (SSSR count). The highest BCUT2D eigenvalue weighted by Gasteiger charge is 2.11. The highest BCUT2D eigenvalue weighted by Crippen LogP contribution is 2.19. The molecule has 0 atom stereocenters. The molecule has 150 valence electrons. The van der Waals surface area contributed by atoms with Gasteiger partial charge in [-0.3, -0.25) is 4.99 Å². The Balaban J connectivity index is 0.000000563. The van der Waals surface area contributed by atoms with E-state index in [1.807, 2.05) is 38.5 Å². The summed E-state index contributed by atoms with van der Waals surface area (Å²) in [5.74, 6) is 0.713. The number of halogens is 2. The van der Waals surface area contributed by atoms with Gasteiger partial charge < -0.3 is 4.57 Å². The zero-order valence-electron chi connectivity index (χ0n) is 17.2. The summed E-state index contributed by atoms with van der Waals surface area (Å²) in [6, 6.07) is 0. The van der Waals surface area contributed by atoms with Gasteiger partial charge in [0.1, 0.15) is 11.0 Å². The zero-order valence-corrected chi connectivity index (χ0v) is 18.0. The SMILES string of the molecule is CC/C=C/F.CCCc1c(Cl)nc(C)nc1Cn1ccnc1.CN=C(C)C. The van der Waals surface area contributed by atoms with E-state index in [4.69, 9.17) is 11.6 Å². The van der Waals surface area contributed by atoms with Crippen molar-refractivity contribution in [1.82, 2.24) is 19.5 Å². The molecule has 0 bridgehead atoms. The van der Waals surface area contributed by atoms with Crippen LogP contribution in [0.2, 0.25) is 5.15 Å². The van der Waals surface area contributed by atoms with E-state index in [-0.39, 0.29) is 0 Å². The summed E-state index contributed by atoms with van der Waals surface area (Å²) < 4.78 is 12.8. The molecule has 0 aliphatic carbocycles. The molecule has 0 saturated carbocycles. The van der Waals surface area contributed by atoms with Gasteiger partial charge in [-0.2, -0.15) is 0 Å². The van der Waals surface area contributed by atoms with Gasteiger partial charge in [0.05, 0.1) is 24.9 Å². The lowest BCUT2D eigenvalue weighted by Gasteiger charge is -2.10. The third-order valence-corrected chi connectivity index (χ3v) is 3.63. The minimum atomic E-state index is 0.556. The van der Waals surface area contributed by atoms with Crippen LogP contribution in [0.5, 0.6) is 0 Å². The Bertz CT molecular complexity index is 693. The molecule has 0 radical (unpaired) electrons. The lowest BCUT2D eigenvalue weighted by Crippen LogP contribution is -2.07. The normalized spacial score (nSPS) is 9.93. The van der Waals surface area contributed by atoms with Gasteiger partial charge in [0.25, 0.3) is 0 Å². The van der Waals surface area contributed by atoms with Crippen LogP contribution < -0.4 is 0 Å². The Kier molecular flexibility index (Phi) is 13.9. The predicted molar refractivity (Wildman–Crippen MR) is 112 cm³/mol. The third-order valence-electron chi connectivity index (χ3n) is 3.32. The molecule has 0 aliphatic heterocycles. The lowest BCUT2D eigenvalue weighted by atomic mass is 10.1. The highest BCUT2D eigenvalue weighted by atomic mass is 35.5. The maximum atomic E-state index is 10.8. The first-order chi connectivity index (χ1) is 12.9. The fourth-order valence-corrected chi connectivity index (χ4v) is 2.21. The van der Waals surface area contributed by atoms with Crippen LogP contribution in [0.3, 0.4) is 0 Å². The summed E-state index contributed by atoms with van der Waals surface area (Å²) in [4.78, 5) is 16.5. The lowest BCUT2D eigenvalue weighted by molar-refractivity contribution is 0.715. The molecule has 0 spiro atoms. The largest absolute Gasteiger partial charge is 0.331 e. The Labute approximate surface area is 167 Å². The molecule has 0 unspecified atom stereocenters. The number of allylic oxidation sites excluding steroid dienone is 1. The summed E-state index contributed by atoms with van der Waals surface area (Å²) in [7, 11) is 1.79. The van der Waals surface area contributed by atoms with Crippen LogP contribution in [0.25, 0.3) is 0 Å². The number of nitrogens with zero attached hydrogens (tertiary/aromatic N) is 5. The minimum absolute atomic E-state index is 0.556. The summed E-state index contributed by atoms with van der Waals surface area (Å²) in [6.45, 7) is 10.5. The molecular formula is C20H31ClFN5. The van der Waals surface area contributed by atoms with E-state index in [2.05, 4.69) is 26.9 Å². The summed E-state index contributed by atoms with van der Waals surface area (Å²) in [5.41, 5.74) is 3.17. The van der Waals surface area contributed by atoms with Crippen molar-refractivity contribution in [3.8, 4) is 0 Å². The van der Waals surface area contributed by atoms with Gasteiger partial charge in [0.2, 0.25) is 0 Å². The average molecular weight is 396 g/mol. The fourth-order valence-electron chi connectivity index (χ4n) is 1.89. The first-order valence-electron chi connectivity index (χ1n) is 9.02. The number of imidazole rings is 1. The first-order valence-corrected chi connectivity index (χ1v) is 9.40. The number of hydrogen-bond acceptors (Lipinski definition) is 4. The van der Waals surface area contributed by atoms with Crippen molar-refractivity contribution in [2.45, 2.75) is 60.4 Å². The molecular weight excluding hydrogens is 365 g/mol. The number of aryl methyl sites for hydroxylation is 1. The monoisotopic (exact) mass is 395 g/mol. The van der Waals surface area contributed by atoms with E-state index in [0.717, 1.165) is 36.2 Å². The molecule has 0 aliphatic rings. The summed E-state index contributed by atoms with van der Waals surface area (Å²) >= 11 is 6.18. The Morgan fingerprint density at radius 2 is 1.96 bits per heavy atom. The molecule has 0 fully saturated rings. The van der Waals surface area contributed by atoms with Crippen LogP contribution in [0.4, 0.5) is 4.39 Å². The second-order valence-electron chi connectivity index (χ2n) is 5.91. The molecule has 27 heavy (non-hydrogen) atoms. The summed E-state index contributed by atoms with van der Waals surface area (Å²) in [5, 5.41) is 0.578. The van der Waals surface area contributed by atoms with Crippen LogP contribution in [0.1, 0.15) is 57.6 Å². The van der Waals surface area contributed by atoms with Gasteiger partial charge in [-0.05, 0) is 33.6 Å². The van der Waals surface area contributed by atoms with E-state index in [1.165, 1.54) is 6.08 Å². The topological polar surface area (TPSA) is 56.0 Å². The Morgan fingerprint density at radius 3 is 2.37 bits per heavy atom. The average Bonchev–Trinajstić information content (AvgIpc) is 3.13. The van der Waals surface area contributed by atoms with Crippen molar-refractivity contribution in [1.29, 1.82) is 0 Å². The first kappa shape index (κ1) is 24.9. The zero-order chi connectivity index (χ0) is 20.7. The maximum absolute atomic E-state index is 10.8. The van der Waals surface area contributed by atoms with Crippen molar-refractivity contribution < 1.29 is 4.39 Å². The standard InChI is InChI=1S/C12H15ClN4.C4H7F.C4H9N/c1-3-4-10-11(7-17-6-5-14-8-17)15-9(2)16-12(10)13;1-2-3-4-5;1-4(2)5-3/h5-6,8H,3-4,7H2,1-2H3;3-4H,2H2,1H3;1-3H3/b;4-3+;.